The molecule has 3 heteroatoms. The van der Waals surface area contributed by atoms with Gasteiger partial charge in [0.1, 0.15) is 12.3 Å². The maximum absolute atomic E-state index is 5.38. The lowest BCUT2D eigenvalue weighted by Gasteiger charge is -2.29. The quantitative estimate of drug-likeness (QED) is 0.574. The predicted molar refractivity (Wildman–Crippen MR) is 118 cm³/mol. The van der Waals surface area contributed by atoms with Crippen molar-refractivity contribution in [1.29, 1.82) is 0 Å². The van der Waals surface area contributed by atoms with Gasteiger partial charge in [-0.2, -0.15) is 4.57 Å². The molecule has 1 aliphatic rings. The number of likely N-dealkylation sites (N-methyl/N-ethyl adjacent to an activating group) is 1. The van der Waals surface area contributed by atoms with Crippen molar-refractivity contribution in [2.75, 3.05) is 18.6 Å². The Morgan fingerprint density at radius 2 is 1.86 bits per heavy atom. The van der Waals surface area contributed by atoms with Crippen molar-refractivity contribution in [2.45, 2.75) is 27.3 Å². The summed E-state index contributed by atoms with van der Waals surface area (Å²) in [6.07, 6.45) is 6.66. The van der Waals surface area contributed by atoms with Crippen LogP contribution in [0.1, 0.15) is 30.7 Å². The molecule has 4 rings (SSSR count). The number of rotatable bonds is 4. The van der Waals surface area contributed by atoms with Gasteiger partial charge in [0.25, 0.3) is 0 Å². The summed E-state index contributed by atoms with van der Waals surface area (Å²) in [5.41, 5.74) is 7.39. The molecule has 28 heavy (non-hydrogen) atoms. The standard InChI is InChI=1S/C25H27N2O/c1-5-26-21(10-8-19-15-18(3)7-13-24(19)26)17-22-11-9-20-16-23(28-4)12-14-25(20)27(22)6-2/h7-17H,5-6H2,1-4H3/q+1. The summed E-state index contributed by atoms with van der Waals surface area (Å²) in [6.45, 7) is 8.39. The molecule has 0 N–H and O–H groups in total. The molecule has 0 amide bonds. The summed E-state index contributed by atoms with van der Waals surface area (Å²) in [4.78, 5) is 2.36. The van der Waals surface area contributed by atoms with E-state index in [4.69, 9.17) is 4.74 Å². The summed E-state index contributed by atoms with van der Waals surface area (Å²) in [5, 5.41) is 1.29. The molecule has 0 spiro atoms. The zero-order chi connectivity index (χ0) is 19.7. The summed E-state index contributed by atoms with van der Waals surface area (Å²) >= 11 is 0. The number of aryl methyl sites for hydroxylation is 2. The number of allylic oxidation sites excluding steroid dienone is 1. The molecule has 0 fully saturated rings. The fourth-order valence-corrected chi connectivity index (χ4v) is 4.01. The molecule has 2 heterocycles. The number of benzene rings is 2. The second kappa shape index (κ2) is 7.51. The Bertz CT molecular complexity index is 1100. The van der Waals surface area contributed by atoms with Crippen molar-refractivity contribution >= 4 is 28.7 Å². The third-order valence-electron chi connectivity index (χ3n) is 5.42. The fraction of sp³-hybridized carbons (Fsp3) is 0.240. The first-order valence-electron chi connectivity index (χ1n) is 9.93. The molecule has 3 aromatic rings. The number of fused-ring (bicyclic) bond motifs is 2. The highest BCUT2D eigenvalue weighted by Crippen LogP contribution is 2.34. The van der Waals surface area contributed by atoms with E-state index in [2.05, 4.69) is 90.9 Å². The van der Waals surface area contributed by atoms with E-state index >= 15 is 0 Å². The average molecular weight is 372 g/mol. The highest BCUT2D eigenvalue weighted by atomic mass is 16.5. The van der Waals surface area contributed by atoms with Crippen LogP contribution in [0.3, 0.4) is 0 Å². The Hall–Kier alpha value is -3.07. The molecule has 0 bridgehead atoms. The number of ether oxygens (including phenoxy) is 1. The molecule has 0 atom stereocenters. The van der Waals surface area contributed by atoms with Crippen LogP contribution in [-0.4, -0.2) is 13.7 Å². The van der Waals surface area contributed by atoms with Crippen LogP contribution < -0.4 is 14.2 Å². The van der Waals surface area contributed by atoms with E-state index < -0.39 is 0 Å². The van der Waals surface area contributed by atoms with Crippen molar-refractivity contribution in [1.82, 2.24) is 0 Å². The van der Waals surface area contributed by atoms with Crippen molar-refractivity contribution < 1.29 is 9.30 Å². The summed E-state index contributed by atoms with van der Waals surface area (Å²) in [6, 6.07) is 17.4. The van der Waals surface area contributed by atoms with Gasteiger partial charge in [-0.1, -0.05) is 17.7 Å². The predicted octanol–water partition coefficient (Wildman–Crippen LogP) is 5.36. The normalized spacial score (nSPS) is 14.6. The van der Waals surface area contributed by atoms with Gasteiger partial charge in [0.2, 0.25) is 11.2 Å². The van der Waals surface area contributed by atoms with E-state index in [1.54, 1.807) is 7.11 Å². The zero-order valence-corrected chi connectivity index (χ0v) is 17.1. The number of methoxy groups -OCH3 is 1. The first-order valence-corrected chi connectivity index (χ1v) is 9.93. The molecule has 142 valence electrons. The number of aromatic nitrogens is 1. The third-order valence-corrected chi connectivity index (χ3v) is 5.42. The van der Waals surface area contributed by atoms with Gasteiger partial charge < -0.3 is 9.64 Å². The monoisotopic (exact) mass is 371 g/mol. The van der Waals surface area contributed by atoms with Crippen LogP contribution in [0.2, 0.25) is 0 Å². The van der Waals surface area contributed by atoms with Crippen LogP contribution >= 0.6 is 0 Å². The molecule has 2 aromatic carbocycles. The number of hydrogen-bond acceptors (Lipinski definition) is 2. The van der Waals surface area contributed by atoms with Gasteiger partial charge in [-0.25, -0.2) is 0 Å². The fourth-order valence-electron chi connectivity index (χ4n) is 4.01. The van der Waals surface area contributed by atoms with Crippen LogP contribution in [0.5, 0.6) is 5.75 Å². The van der Waals surface area contributed by atoms with Crippen LogP contribution in [0, 0.1) is 6.92 Å². The molecule has 0 aliphatic carbocycles. The summed E-state index contributed by atoms with van der Waals surface area (Å²) in [5.74, 6) is 0.889. The van der Waals surface area contributed by atoms with Gasteiger partial charge in [0.05, 0.1) is 7.11 Å². The molecular formula is C25H27N2O+. The molecular weight excluding hydrogens is 344 g/mol. The molecule has 0 unspecified atom stereocenters. The van der Waals surface area contributed by atoms with E-state index in [0.29, 0.717) is 0 Å². The van der Waals surface area contributed by atoms with E-state index in [0.717, 1.165) is 18.8 Å². The topological polar surface area (TPSA) is 16.4 Å². The first-order chi connectivity index (χ1) is 13.6. The second-order valence-electron chi connectivity index (χ2n) is 7.14. The number of hydrogen-bond donors (Lipinski definition) is 0. The van der Waals surface area contributed by atoms with Gasteiger partial charge in [0, 0.05) is 47.1 Å². The van der Waals surface area contributed by atoms with Gasteiger partial charge in [0.15, 0.2) is 0 Å². The highest BCUT2D eigenvalue weighted by molar-refractivity contribution is 5.81. The minimum atomic E-state index is 0.889. The number of nitrogens with zero attached hydrogens (tertiary/aromatic N) is 2. The van der Waals surface area contributed by atoms with E-state index in [9.17, 15) is 0 Å². The van der Waals surface area contributed by atoms with Crippen LogP contribution in [0.25, 0.3) is 23.1 Å². The smallest absolute Gasteiger partial charge is 0.212 e. The van der Waals surface area contributed by atoms with Crippen LogP contribution in [0.15, 0.2) is 60.3 Å². The lowest BCUT2D eigenvalue weighted by molar-refractivity contribution is -0.669. The summed E-state index contributed by atoms with van der Waals surface area (Å²) < 4.78 is 7.76. The molecule has 1 aromatic heterocycles. The van der Waals surface area contributed by atoms with Crippen molar-refractivity contribution in [2.24, 2.45) is 0 Å². The van der Waals surface area contributed by atoms with Gasteiger partial charge in [-0.3, -0.25) is 0 Å². The minimum Gasteiger partial charge on any atom is -0.497 e. The Balaban J connectivity index is 1.81. The van der Waals surface area contributed by atoms with Gasteiger partial charge in [-0.05, 0) is 57.2 Å². The highest BCUT2D eigenvalue weighted by Gasteiger charge is 2.19. The Morgan fingerprint density at radius 3 is 2.61 bits per heavy atom. The van der Waals surface area contributed by atoms with Crippen molar-refractivity contribution in [3.8, 4) is 5.75 Å². The van der Waals surface area contributed by atoms with E-state index in [1.807, 2.05) is 6.07 Å². The lowest BCUT2D eigenvalue weighted by atomic mass is 10.0. The van der Waals surface area contributed by atoms with E-state index in [-0.39, 0.29) is 0 Å². The van der Waals surface area contributed by atoms with Crippen molar-refractivity contribution in [3.63, 3.8) is 0 Å². The largest absolute Gasteiger partial charge is 0.497 e. The van der Waals surface area contributed by atoms with Gasteiger partial charge >= 0.3 is 0 Å². The molecule has 0 saturated heterocycles. The maximum Gasteiger partial charge on any atom is 0.212 e. The molecule has 1 aliphatic heterocycles. The zero-order valence-electron chi connectivity index (χ0n) is 17.1. The first kappa shape index (κ1) is 18.3. The Labute approximate surface area is 167 Å². The minimum absolute atomic E-state index is 0.889. The lowest BCUT2D eigenvalue weighted by Crippen LogP contribution is -2.37. The maximum atomic E-state index is 5.38. The van der Waals surface area contributed by atoms with Gasteiger partial charge in [-0.15, -0.1) is 0 Å². The summed E-state index contributed by atoms with van der Waals surface area (Å²) in [7, 11) is 1.71. The van der Waals surface area contributed by atoms with E-state index in [1.165, 1.54) is 39.1 Å². The Morgan fingerprint density at radius 1 is 1.00 bits per heavy atom. The molecule has 0 radical (unpaired) electrons. The molecule has 0 saturated carbocycles. The third kappa shape index (κ3) is 3.18. The molecule has 3 nitrogen and oxygen atoms in total. The number of pyridine rings is 1. The Kier molecular flexibility index (Phi) is 4.91. The van der Waals surface area contributed by atoms with Crippen LogP contribution in [0.4, 0.5) is 5.69 Å². The SMILES string of the molecule is CCN1/C(=C/c2ccc3cc(C)ccc3[n+]2CC)C=Cc2cc(OC)ccc21. The average Bonchev–Trinajstić information content (AvgIpc) is 2.73. The van der Waals surface area contributed by atoms with Crippen LogP contribution in [-0.2, 0) is 6.54 Å². The second-order valence-corrected chi connectivity index (χ2v) is 7.14. The number of anilines is 1. The van der Waals surface area contributed by atoms with Crippen molar-refractivity contribution in [3.05, 3.63) is 77.1 Å².